The van der Waals surface area contributed by atoms with E-state index in [1.165, 1.54) is 6.20 Å². The Hall–Kier alpha value is -2.06. The van der Waals surface area contributed by atoms with Crippen LogP contribution in [0.4, 0.5) is 5.69 Å². The zero-order chi connectivity index (χ0) is 16.7. The van der Waals surface area contributed by atoms with Crippen molar-refractivity contribution < 1.29 is 14.3 Å². The second-order valence-corrected chi connectivity index (χ2v) is 6.31. The molecule has 1 aromatic carbocycles. The van der Waals surface area contributed by atoms with Gasteiger partial charge in [-0.2, -0.15) is 4.73 Å². The first-order valence-corrected chi connectivity index (χ1v) is 8.46. The van der Waals surface area contributed by atoms with Crippen LogP contribution in [0.1, 0.15) is 0 Å². The Balaban J connectivity index is 1.75. The Morgan fingerprint density at radius 1 is 1.13 bits per heavy atom. The summed E-state index contributed by atoms with van der Waals surface area (Å²) in [6, 6.07) is 12.2. The van der Waals surface area contributed by atoms with Crippen molar-refractivity contribution in [1.29, 1.82) is 0 Å². The lowest BCUT2D eigenvalue weighted by molar-refractivity contribution is -0.645. The molecule has 0 bridgehead atoms. The Labute approximate surface area is 146 Å². The number of pyridine rings is 1. The van der Waals surface area contributed by atoms with Crippen LogP contribution >= 0.6 is 27.7 Å². The smallest absolute Gasteiger partial charge is 0.251 e. The summed E-state index contributed by atoms with van der Waals surface area (Å²) in [6.07, 6.45) is 1.37. The van der Waals surface area contributed by atoms with Crippen LogP contribution in [0.5, 0.6) is 0 Å². The van der Waals surface area contributed by atoms with Gasteiger partial charge in [0, 0.05) is 16.6 Å². The Morgan fingerprint density at radius 2 is 1.87 bits per heavy atom. The van der Waals surface area contributed by atoms with Crippen LogP contribution in [-0.2, 0) is 9.59 Å². The van der Waals surface area contributed by atoms with Crippen LogP contribution in [0, 0.1) is 5.21 Å². The minimum absolute atomic E-state index is 0.0641. The molecule has 2 amide bonds. The van der Waals surface area contributed by atoms with Gasteiger partial charge in [-0.1, -0.05) is 12.1 Å². The first-order valence-electron chi connectivity index (χ1n) is 6.68. The molecule has 6 nitrogen and oxygen atoms in total. The average molecular weight is 396 g/mol. The normalized spacial score (nSPS) is 10.1. The number of amides is 2. The number of halogens is 1. The van der Waals surface area contributed by atoms with Crippen molar-refractivity contribution in [2.45, 2.75) is 5.03 Å². The number of hydrogen-bond donors (Lipinski definition) is 2. The Bertz CT molecular complexity index is 712. The molecule has 0 saturated heterocycles. The molecular weight excluding hydrogens is 382 g/mol. The second-order valence-electron chi connectivity index (χ2n) is 4.46. The average Bonchev–Trinajstić information content (AvgIpc) is 2.54. The first kappa shape index (κ1) is 17.3. The summed E-state index contributed by atoms with van der Waals surface area (Å²) >= 11 is 4.44. The van der Waals surface area contributed by atoms with E-state index in [-0.39, 0.29) is 24.1 Å². The van der Waals surface area contributed by atoms with Gasteiger partial charge in [-0.3, -0.25) is 9.59 Å². The van der Waals surface area contributed by atoms with Gasteiger partial charge < -0.3 is 15.8 Å². The van der Waals surface area contributed by atoms with E-state index in [0.717, 1.165) is 16.2 Å². The molecule has 0 fully saturated rings. The molecule has 1 aromatic heterocycles. The number of rotatable bonds is 6. The van der Waals surface area contributed by atoms with Crippen LogP contribution in [0.25, 0.3) is 0 Å². The zero-order valence-corrected chi connectivity index (χ0v) is 14.4. The molecule has 2 N–H and O–H groups in total. The van der Waals surface area contributed by atoms with Crippen LogP contribution in [0.15, 0.2) is 58.2 Å². The third-order valence-corrected chi connectivity index (χ3v) is 4.44. The number of carbonyl (C=O) groups is 2. The molecular formula is C15H14BrN3O3S. The number of thioether (sulfide) groups is 1. The van der Waals surface area contributed by atoms with Gasteiger partial charge in [-0.25, -0.2) is 0 Å². The first-order chi connectivity index (χ1) is 11.1. The van der Waals surface area contributed by atoms with Crippen molar-refractivity contribution in [1.82, 2.24) is 5.32 Å². The summed E-state index contributed by atoms with van der Waals surface area (Å²) in [7, 11) is 0. The molecule has 0 aliphatic carbocycles. The number of aromatic nitrogens is 1. The quantitative estimate of drug-likeness (QED) is 0.444. The van der Waals surface area contributed by atoms with Crippen molar-refractivity contribution in [3.63, 3.8) is 0 Å². The van der Waals surface area contributed by atoms with Crippen LogP contribution < -0.4 is 15.4 Å². The van der Waals surface area contributed by atoms with Gasteiger partial charge in [-0.05, 0) is 45.9 Å². The standard InChI is InChI=1S/C15H14BrN3O3S/c16-11-5-1-2-6-12(11)18-13(20)9-17-14(21)10-23-15-7-3-4-8-19(15)22/h1-8H,9-10H2,(H,17,21)(H,18,20). The van der Waals surface area contributed by atoms with Gasteiger partial charge in [-0.15, -0.1) is 0 Å². The molecule has 0 spiro atoms. The predicted octanol–water partition coefficient (Wildman–Crippen LogP) is 1.93. The Kier molecular flexibility index (Phi) is 6.42. The molecule has 2 rings (SSSR count). The van der Waals surface area contributed by atoms with Gasteiger partial charge in [0.1, 0.15) is 0 Å². The van der Waals surface area contributed by atoms with E-state index >= 15 is 0 Å². The topological polar surface area (TPSA) is 85.1 Å². The number of hydrogen-bond acceptors (Lipinski definition) is 4. The molecule has 120 valence electrons. The van der Waals surface area contributed by atoms with E-state index in [9.17, 15) is 14.8 Å². The number of nitrogens with one attached hydrogen (secondary N) is 2. The minimum atomic E-state index is -0.325. The molecule has 0 atom stereocenters. The summed E-state index contributed by atoms with van der Waals surface area (Å²) in [6.45, 7) is -0.132. The monoisotopic (exact) mass is 395 g/mol. The third kappa shape index (κ3) is 5.57. The molecule has 1 heterocycles. The SMILES string of the molecule is O=C(CSc1cccc[n+]1[O-])NCC(=O)Nc1ccccc1Br. The highest BCUT2D eigenvalue weighted by atomic mass is 79.9. The lowest BCUT2D eigenvalue weighted by Gasteiger charge is -2.08. The summed E-state index contributed by atoms with van der Waals surface area (Å²) < 4.78 is 1.46. The molecule has 8 heteroatoms. The largest absolute Gasteiger partial charge is 0.618 e. The lowest BCUT2D eigenvalue weighted by Crippen LogP contribution is -2.34. The second kappa shape index (κ2) is 8.54. The van der Waals surface area contributed by atoms with Crippen LogP contribution in [0.3, 0.4) is 0 Å². The third-order valence-electron chi connectivity index (χ3n) is 2.73. The highest BCUT2D eigenvalue weighted by Crippen LogP contribution is 2.20. The maximum Gasteiger partial charge on any atom is 0.251 e. The van der Waals surface area contributed by atoms with Crippen molar-refractivity contribution in [3.8, 4) is 0 Å². The van der Waals surface area contributed by atoms with Crippen molar-refractivity contribution in [2.75, 3.05) is 17.6 Å². The van der Waals surface area contributed by atoms with E-state index < -0.39 is 0 Å². The highest BCUT2D eigenvalue weighted by Gasteiger charge is 2.10. The van der Waals surface area contributed by atoms with Crippen LogP contribution in [0.2, 0.25) is 0 Å². The molecule has 23 heavy (non-hydrogen) atoms. The zero-order valence-electron chi connectivity index (χ0n) is 12.0. The lowest BCUT2D eigenvalue weighted by atomic mass is 10.3. The van der Waals surface area contributed by atoms with Crippen molar-refractivity contribution in [2.24, 2.45) is 0 Å². The molecule has 0 aliphatic heterocycles. The molecule has 0 radical (unpaired) electrons. The van der Waals surface area contributed by atoms with Gasteiger partial charge in [0.05, 0.1) is 18.0 Å². The fraction of sp³-hybridized carbons (Fsp3) is 0.133. The molecule has 0 aliphatic rings. The van der Waals surface area contributed by atoms with E-state index in [1.54, 1.807) is 30.3 Å². The number of nitrogens with zero attached hydrogens (tertiary/aromatic N) is 1. The molecule has 0 unspecified atom stereocenters. The van der Waals surface area contributed by atoms with Gasteiger partial charge in [0.2, 0.25) is 11.8 Å². The van der Waals surface area contributed by atoms with Gasteiger partial charge in [0.25, 0.3) is 5.03 Å². The highest BCUT2D eigenvalue weighted by molar-refractivity contribution is 9.10. The Morgan fingerprint density at radius 3 is 2.61 bits per heavy atom. The number of carbonyl (C=O) groups excluding carboxylic acids is 2. The van der Waals surface area contributed by atoms with Gasteiger partial charge in [0.15, 0.2) is 6.20 Å². The van der Waals surface area contributed by atoms with Crippen molar-refractivity contribution in [3.05, 3.63) is 58.3 Å². The fourth-order valence-electron chi connectivity index (χ4n) is 1.65. The fourth-order valence-corrected chi connectivity index (χ4v) is 2.78. The van der Waals surface area contributed by atoms with E-state index in [1.807, 2.05) is 12.1 Å². The van der Waals surface area contributed by atoms with Gasteiger partial charge >= 0.3 is 0 Å². The van der Waals surface area contributed by atoms with E-state index in [4.69, 9.17) is 0 Å². The summed E-state index contributed by atoms with van der Waals surface area (Å²) in [4.78, 5) is 23.5. The van der Waals surface area contributed by atoms with E-state index in [2.05, 4.69) is 26.6 Å². The van der Waals surface area contributed by atoms with E-state index in [0.29, 0.717) is 15.4 Å². The molecule has 0 saturated carbocycles. The minimum Gasteiger partial charge on any atom is -0.618 e. The summed E-state index contributed by atoms with van der Waals surface area (Å²) in [5.74, 6) is -0.579. The maximum atomic E-state index is 11.8. The number of anilines is 1. The number of para-hydroxylation sites is 1. The van der Waals surface area contributed by atoms with Crippen molar-refractivity contribution >= 4 is 45.2 Å². The number of benzene rings is 1. The maximum absolute atomic E-state index is 11.8. The van der Waals surface area contributed by atoms with Crippen LogP contribution in [-0.4, -0.2) is 24.1 Å². The molecule has 2 aromatic rings. The summed E-state index contributed by atoms with van der Waals surface area (Å²) in [5, 5.41) is 17.1. The summed E-state index contributed by atoms with van der Waals surface area (Å²) in [5.41, 5.74) is 0.637. The predicted molar refractivity (Wildman–Crippen MR) is 91.9 cm³/mol.